The zero-order valence-corrected chi connectivity index (χ0v) is 10.7. The fourth-order valence-electron chi connectivity index (χ4n) is 1.27. The molecule has 0 saturated heterocycles. The average molecular weight is 316 g/mol. The number of aryl methyl sites for hydroxylation is 1. The second-order valence-corrected chi connectivity index (χ2v) is 4.86. The molecule has 0 unspecified atom stereocenters. The molecule has 0 bridgehead atoms. The zero-order valence-electron chi connectivity index (χ0n) is 7.54. The molecule has 0 radical (unpaired) electrons. The zero-order chi connectivity index (χ0) is 10.1. The lowest BCUT2D eigenvalue weighted by atomic mass is 10.2. The van der Waals surface area contributed by atoms with E-state index in [1.54, 1.807) is 4.68 Å². The molecule has 1 aromatic carbocycles. The van der Waals surface area contributed by atoms with Crippen molar-refractivity contribution in [3.05, 3.63) is 39.4 Å². The molecule has 1 aromatic heterocycles. The van der Waals surface area contributed by atoms with Crippen LogP contribution in [0.3, 0.4) is 0 Å². The van der Waals surface area contributed by atoms with Gasteiger partial charge in [-0.15, -0.1) is 0 Å². The smallest absolute Gasteiger partial charge is 0.0923 e. The number of rotatable bonds is 1. The van der Waals surface area contributed by atoms with Gasteiger partial charge >= 0.3 is 0 Å². The van der Waals surface area contributed by atoms with Gasteiger partial charge in [-0.1, -0.05) is 31.9 Å². The predicted octanol–water partition coefficient (Wildman–Crippen LogP) is 3.61. The molecule has 0 N–H and O–H groups in total. The van der Waals surface area contributed by atoms with Crippen LogP contribution in [0.15, 0.2) is 39.4 Å². The van der Waals surface area contributed by atoms with E-state index in [-0.39, 0.29) is 0 Å². The molecule has 0 spiro atoms. The lowest BCUT2D eigenvalue weighted by molar-refractivity contribution is 0.771. The van der Waals surface area contributed by atoms with Crippen molar-refractivity contribution in [1.82, 2.24) is 9.78 Å². The molecule has 0 aliphatic heterocycles. The van der Waals surface area contributed by atoms with Crippen molar-refractivity contribution < 1.29 is 0 Å². The van der Waals surface area contributed by atoms with Gasteiger partial charge in [0, 0.05) is 27.8 Å². The third-order valence-electron chi connectivity index (χ3n) is 1.87. The molecule has 72 valence electrons. The van der Waals surface area contributed by atoms with Crippen molar-refractivity contribution >= 4 is 31.9 Å². The van der Waals surface area contributed by atoms with Gasteiger partial charge in [0.1, 0.15) is 0 Å². The van der Waals surface area contributed by atoms with E-state index in [1.807, 2.05) is 37.5 Å². The Kier molecular flexibility index (Phi) is 2.74. The lowest BCUT2D eigenvalue weighted by Gasteiger charge is -1.99. The summed E-state index contributed by atoms with van der Waals surface area (Å²) in [6.07, 6.45) is 1.93. The van der Waals surface area contributed by atoms with Gasteiger partial charge in [0.05, 0.1) is 5.69 Å². The summed E-state index contributed by atoms with van der Waals surface area (Å²) in [5.41, 5.74) is 2.08. The van der Waals surface area contributed by atoms with Crippen molar-refractivity contribution in [3.63, 3.8) is 0 Å². The van der Waals surface area contributed by atoms with Crippen LogP contribution in [-0.4, -0.2) is 9.78 Å². The number of aromatic nitrogens is 2. The Labute approximate surface area is 99.2 Å². The molecule has 14 heavy (non-hydrogen) atoms. The summed E-state index contributed by atoms with van der Waals surface area (Å²) < 4.78 is 3.89. The van der Waals surface area contributed by atoms with Crippen LogP contribution in [0.25, 0.3) is 11.3 Å². The molecular formula is C10H8Br2N2. The van der Waals surface area contributed by atoms with Crippen LogP contribution in [0.5, 0.6) is 0 Å². The number of nitrogens with zero attached hydrogens (tertiary/aromatic N) is 2. The largest absolute Gasteiger partial charge is 0.275 e. The van der Waals surface area contributed by atoms with Crippen molar-refractivity contribution in [2.75, 3.05) is 0 Å². The molecule has 0 atom stereocenters. The molecule has 0 aliphatic rings. The highest BCUT2D eigenvalue weighted by Gasteiger charge is 2.03. The number of halogens is 2. The lowest BCUT2D eigenvalue weighted by Crippen LogP contribution is -1.87. The van der Waals surface area contributed by atoms with Crippen molar-refractivity contribution in [3.8, 4) is 11.3 Å². The topological polar surface area (TPSA) is 17.8 Å². The third-order valence-corrected chi connectivity index (χ3v) is 2.79. The normalized spacial score (nSPS) is 10.5. The Bertz CT molecular complexity index is 443. The second kappa shape index (κ2) is 3.87. The maximum atomic E-state index is 4.34. The van der Waals surface area contributed by atoms with Crippen molar-refractivity contribution in [2.24, 2.45) is 7.05 Å². The molecule has 1 heterocycles. The summed E-state index contributed by atoms with van der Waals surface area (Å²) in [4.78, 5) is 0. The van der Waals surface area contributed by atoms with Crippen molar-refractivity contribution in [1.29, 1.82) is 0 Å². The Morgan fingerprint density at radius 1 is 1.14 bits per heavy atom. The van der Waals surface area contributed by atoms with Gasteiger partial charge < -0.3 is 0 Å². The standard InChI is InChI=1S/C10H8Br2N2/c1-14-3-2-10(13-14)7-4-8(11)6-9(12)5-7/h2-6H,1H3. The molecule has 0 aliphatic carbocycles. The number of benzene rings is 1. The van der Waals surface area contributed by atoms with Crippen molar-refractivity contribution in [2.45, 2.75) is 0 Å². The van der Waals surface area contributed by atoms with Crippen LogP contribution in [0, 0.1) is 0 Å². The second-order valence-electron chi connectivity index (χ2n) is 3.03. The predicted molar refractivity (Wildman–Crippen MR) is 64.0 cm³/mol. The van der Waals surface area contributed by atoms with E-state index in [4.69, 9.17) is 0 Å². The maximum Gasteiger partial charge on any atom is 0.0923 e. The summed E-state index contributed by atoms with van der Waals surface area (Å²) >= 11 is 6.90. The SMILES string of the molecule is Cn1ccc(-c2cc(Br)cc(Br)c2)n1. The van der Waals surface area contributed by atoms with E-state index in [1.165, 1.54) is 0 Å². The van der Waals surface area contributed by atoms with Gasteiger partial charge in [0.25, 0.3) is 0 Å². The maximum absolute atomic E-state index is 4.34. The van der Waals surface area contributed by atoms with E-state index in [0.29, 0.717) is 0 Å². The Morgan fingerprint density at radius 2 is 1.79 bits per heavy atom. The highest BCUT2D eigenvalue weighted by molar-refractivity contribution is 9.11. The molecule has 0 fully saturated rings. The average Bonchev–Trinajstić information content (AvgIpc) is 2.50. The fourth-order valence-corrected chi connectivity index (χ4v) is 2.56. The van der Waals surface area contributed by atoms with E-state index in [0.717, 1.165) is 20.2 Å². The summed E-state index contributed by atoms with van der Waals surface area (Å²) in [5.74, 6) is 0. The molecule has 4 heteroatoms. The molecule has 0 saturated carbocycles. The van der Waals surface area contributed by atoms with Crippen LogP contribution in [-0.2, 0) is 7.05 Å². The molecular weight excluding hydrogens is 308 g/mol. The quantitative estimate of drug-likeness (QED) is 0.786. The van der Waals surface area contributed by atoms with Crippen LogP contribution in [0.4, 0.5) is 0 Å². The summed E-state index contributed by atoms with van der Waals surface area (Å²) in [7, 11) is 1.91. The van der Waals surface area contributed by atoms with Crippen LogP contribution >= 0.6 is 31.9 Å². The van der Waals surface area contributed by atoms with Crippen LogP contribution in [0.1, 0.15) is 0 Å². The van der Waals surface area contributed by atoms with Crippen LogP contribution < -0.4 is 0 Å². The van der Waals surface area contributed by atoms with Crippen LogP contribution in [0.2, 0.25) is 0 Å². The van der Waals surface area contributed by atoms with E-state index >= 15 is 0 Å². The Hall–Kier alpha value is -0.610. The van der Waals surface area contributed by atoms with Gasteiger partial charge in [-0.2, -0.15) is 5.10 Å². The van der Waals surface area contributed by atoms with E-state index in [2.05, 4.69) is 37.0 Å². The number of hydrogen-bond acceptors (Lipinski definition) is 1. The highest BCUT2D eigenvalue weighted by Crippen LogP contribution is 2.26. The monoisotopic (exact) mass is 314 g/mol. The minimum absolute atomic E-state index is 0.981. The van der Waals surface area contributed by atoms with Gasteiger partial charge in [-0.25, -0.2) is 0 Å². The van der Waals surface area contributed by atoms with Gasteiger partial charge in [0.15, 0.2) is 0 Å². The van der Waals surface area contributed by atoms with E-state index < -0.39 is 0 Å². The molecule has 2 nitrogen and oxygen atoms in total. The first-order chi connectivity index (χ1) is 6.65. The van der Waals surface area contributed by atoms with Gasteiger partial charge in [-0.3, -0.25) is 4.68 Å². The third kappa shape index (κ3) is 2.07. The summed E-state index contributed by atoms with van der Waals surface area (Å²) in [6.45, 7) is 0. The molecule has 2 aromatic rings. The van der Waals surface area contributed by atoms with Gasteiger partial charge in [0.2, 0.25) is 0 Å². The molecule has 0 amide bonds. The molecule has 2 rings (SSSR count). The van der Waals surface area contributed by atoms with E-state index in [9.17, 15) is 0 Å². The highest BCUT2D eigenvalue weighted by atomic mass is 79.9. The summed E-state index contributed by atoms with van der Waals surface area (Å²) in [6, 6.07) is 8.10. The first kappa shape index (κ1) is 9.93. The first-order valence-corrected chi connectivity index (χ1v) is 5.70. The minimum Gasteiger partial charge on any atom is -0.275 e. The fraction of sp³-hybridized carbons (Fsp3) is 0.100. The Morgan fingerprint density at radius 3 is 2.29 bits per heavy atom. The van der Waals surface area contributed by atoms with Gasteiger partial charge in [-0.05, 0) is 24.3 Å². The minimum atomic E-state index is 0.981. The Balaban J connectivity index is 2.51. The summed E-state index contributed by atoms with van der Waals surface area (Å²) in [5, 5.41) is 4.34. The number of hydrogen-bond donors (Lipinski definition) is 0. The first-order valence-electron chi connectivity index (χ1n) is 4.11.